The topological polar surface area (TPSA) is 0 Å². The molecule has 2 fully saturated rings. The van der Waals surface area contributed by atoms with Crippen LogP contribution in [0.25, 0.3) is 0 Å². The smallest absolute Gasteiger partial charge is 0.0144 e. The summed E-state index contributed by atoms with van der Waals surface area (Å²) in [5.74, 6) is 0. The molecule has 0 aromatic carbocycles. The molecule has 0 radical (unpaired) electrons. The van der Waals surface area contributed by atoms with Gasteiger partial charge in [-0.05, 0) is 55.2 Å². The number of hydrogen-bond donors (Lipinski definition) is 0. The Bertz CT molecular complexity index is 510. The van der Waals surface area contributed by atoms with Crippen molar-refractivity contribution in [3.05, 3.63) is 0 Å². The molecule has 0 bridgehead atoms. The average molecular weight is 595 g/mol. The summed E-state index contributed by atoms with van der Waals surface area (Å²) in [5.41, 5.74) is 3.09. The van der Waals surface area contributed by atoms with E-state index in [1.807, 2.05) is 0 Å². The summed E-state index contributed by atoms with van der Waals surface area (Å²) in [7, 11) is 3.62. The second-order valence-electron chi connectivity index (χ2n) is 14.2. The van der Waals surface area contributed by atoms with Gasteiger partial charge in [0.25, 0.3) is 0 Å². The second kappa shape index (κ2) is 27.4. The molecule has 0 N–H and O–H groups in total. The van der Waals surface area contributed by atoms with Gasteiger partial charge in [0.1, 0.15) is 0 Å². The SMILES string of the molecule is CCCCCCCCCCCCCCCCCCCCP(C1CCCCCCCC1)C1CCCCCCCC1P. The van der Waals surface area contributed by atoms with E-state index in [1.54, 1.807) is 31.8 Å². The number of unbranched alkanes of at least 4 members (excludes halogenated alkanes) is 17. The van der Waals surface area contributed by atoms with Gasteiger partial charge in [-0.15, -0.1) is 9.24 Å². The first-order chi connectivity index (χ1) is 19.8. The molecule has 2 heteroatoms. The van der Waals surface area contributed by atoms with E-state index in [1.165, 1.54) is 186 Å². The summed E-state index contributed by atoms with van der Waals surface area (Å²) >= 11 is 0. The Morgan fingerprint density at radius 3 is 1.23 bits per heavy atom. The van der Waals surface area contributed by atoms with E-state index < -0.39 is 0 Å². The van der Waals surface area contributed by atoms with E-state index in [0.29, 0.717) is 0 Å². The first-order valence-electron chi connectivity index (χ1n) is 19.3. The molecule has 0 heterocycles. The maximum Gasteiger partial charge on any atom is -0.0144 e. The van der Waals surface area contributed by atoms with Gasteiger partial charge in [0.15, 0.2) is 0 Å². The molecule has 0 nitrogen and oxygen atoms in total. The van der Waals surface area contributed by atoms with E-state index in [4.69, 9.17) is 0 Å². The van der Waals surface area contributed by atoms with Crippen molar-refractivity contribution >= 4 is 17.2 Å². The van der Waals surface area contributed by atoms with Crippen LogP contribution in [0.1, 0.15) is 219 Å². The highest BCUT2D eigenvalue weighted by Gasteiger charge is 2.32. The average Bonchev–Trinajstić information content (AvgIpc) is 3.17. The largest absolute Gasteiger partial charge is 0.134 e. The Kier molecular flexibility index (Phi) is 25.4. The van der Waals surface area contributed by atoms with Crippen LogP contribution in [0, 0.1) is 0 Å². The van der Waals surface area contributed by atoms with Crippen molar-refractivity contribution in [1.82, 2.24) is 0 Å². The Morgan fingerprint density at radius 2 is 0.775 bits per heavy atom. The standard InChI is InChI=1S/C38H76P2/c1-2-3-4-5-6-7-8-9-10-11-12-13-14-15-16-19-25-30-35-40(36-31-26-21-17-18-22-27-32-36)38-34-29-24-20-23-28-33-37(38)39/h36-38H,2-35,39H2,1H3. The van der Waals surface area contributed by atoms with Crippen molar-refractivity contribution in [2.45, 2.75) is 236 Å². The van der Waals surface area contributed by atoms with Crippen LogP contribution >= 0.6 is 17.2 Å². The monoisotopic (exact) mass is 595 g/mol. The normalized spacial score (nSPS) is 22.9. The van der Waals surface area contributed by atoms with Crippen LogP contribution in [0.5, 0.6) is 0 Å². The summed E-state index contributed by atoms with van der Waals surface area (Å²) in [4.78, 5) is 0. The van der Waals surface area contributed by atoms with Gasteiger partial charge in [0.2, 0.25) is 0 Å². The second-order valence-corrected chi connectivity index (χ2v) is 17.9. The van der Waals surface area contributed by atoms with E-state index in [-0.39, 0.29) is 7.92 Å². The molecular weight excluding hydrogens is 518 g/mol. The molecule has 0 aromatic heterocycles. The number of rotatable bonds is 21. The molecular formula is C38H76P2. The lowest BCUT2D eigenvalue weighted by Crippen LogP contribution is -2.25. The van der Waals surface area contributed by atoms with Gasteiger partial charge in [0, 0.05) is 0 Å². The van der Waals surface area contributed by atoms with E-state index in [9.17, 15) is 0 Å². The third-order valence-corrected chi connectivity index (χ3v) is 15.4. The highest BCUT2D eigenvalue weighted by Crippen LogP contribution is 2.56. The minimum atomic E-state index is 0.217. The predicted molar refractivity (Wildman–Crippen MR) is 191 cm³/mol. The van der Waals surface area contributed by atoms with E-state index in [0.717, 1.165) is 17.0 Å². The lowest BCUT2D eigenvalue weighted by atomic mass is 10.0. The molecule has 0 aromatic rings. The van der Waals surface area contributed by atoms with Crippen LogP contribution in [-0.4, -0.2) is 23.1 Å². The van der Waals surface area contributed by atoms with Gasteiger partial charge >= 0.3 is 0 Å². The molecule has 0 spiro atoms. The molecule has 4 unspecified atom stereocenters. The summed E-state index contributed by atoms with van der Waals surface area (Å²) in [6, 6.07) is 0. The number of hydrogen-bond acceptors (Lipinski definition) is 0. The van der Waals surface area contributed by atoms with Gasteiger partial charge in [-0.25, -0.2) is 0 Å². The van der Waals surface area contributed by atoms with Crippen molar-refractivity contribution in [2.75, 3.05) is 6.16 Å². The van der Waals surface area contributed by atoms with Gasteiger partial charge in [-0.1, -0.05) is 195 Å². The van der Waals surface area contributed by atoms with Crippen molar-refractivity contribution in [2.24, 2.45) is 0 Å². The van der Waals surface area contributed by atoms with Gasteiger partial charge < -0.3 is 0 Å². The van der Waals surface area contributed by atoms with Crippen LogP contribution in [0.15, 0.2) is 0 Å². The van der Waals surface area contributed by atoms with E-state index in [2.05, 4.69) is 16.2 Å². The fourth-order valence-electron chi connectivity index (χ4n) is 7.84. The molecule has 2 aliphatic carbocycles. The summed E-state index contributed by atoms with van der Waals surface area (Å²) in [6.45, 7) is 2.32. The molecule has 2 aliphatic rings. The molecule has 0 amide bonds. The Balaban J connectivity index is 1.58. The maximum atomic E-state index is 3.40. The third-order valence-electron chi connectivity index (χ3n) is 10.5. The molecule has 238 valence electrons. The van der Waals surface area contributed by atoms with Crippen LogP contribution in [0.2, 0.25) is 0 Å². The van der Waals surface area contributed by atoms with Crippen LogP contribution in [0.4, 0.5) is 0 Å². The van der Waals surface area contributed by atoms with Crippen molar-refractivity contribution in [1.29, 1.82) is 0 Å². The van der Waals surface area contributed by atoms with Crippen LogP contribution in [0.3, 0.4) is 0 Å². The Morgan fingerprint density at radius 1 is 0.425 bits per heavy atom. The lowest BCUT2D eigenvalue weighted by Gasteiger charge is -2.38. The maximum absolute atomic E-state index is 3.40. The first kappa shape index (κ1) is 37.0. The third kappa shape index (κ3) is 19.2. The fraction of sp³-hybridized carbons (Fsp3) is 1.00. The van der Waals surface area contributed by atoms with Gasteiger partial charge in [0.05, 0.1) is 0 Å². The lowest BCUT2D eigenvalue weighted by molar-refractivity contribution is 0.526. The van der Waals surface area contributed by atoms with E-state index >= 15 is 0 Å². The Labute approximate surface area is 258 Å². The highest BCUT2D eigenvalue weighted by molar-refractivity contribution is 7.59. The van der Waals surface area contributed by atoms with Gasteiger partial charge in [-0.3, -0.25) is 0 Å². The van der Waals surface area contributed by atoms with Crippen molar-refractivity contribution in [3.8, 4) is 0 Å². The molecule has 0 saturated heterocycles. The molecule has 4 atom stereocenters. The zero-order valence-corrected chi connectivity index (χ0v) is 29.8. The molecule has 2 saturated carbocycles. The Hall–Kier alpha value is 0.860. The van der Waals surface area contributed by atoms with Crippen LogP contribution < -0.4 is 0 Å². The zero-order chi connectivity index (χ0) is 28.4. The van der Waals surface area contributed by atoms with Gasteiger partial charge in [-0.2, -0.15) is 0 Å². The quantitative estimate of drug-likeness (QED) is 0.0916. The molecule has 40 heavy (non-hydrogen) atoms. The van der Waals surface area contributed by atoms with Crippen molar-refractivity contribution in [3.63, 3.8) is 0 Å². The fourth-order valence-corrected chi connectivity index (χ4v) is 12.9. The minimum Gasteiger partial charge on any atom is -0.134 e. The summed E-state index contributed by atoms with van der Waals surface area (Å²) < 4.78 is 0. The minimum absolute atomic E-state index is 0.217. The summed E-state index contributed by atoms with van der Waals surface area (Å²) in [6.07, 6.45) is 51.4. The first-order valence-corrected chi connectivity index (χ1v) is 21.7. The van der Waals surface area contributed by atoms with Crippen molar-refractivity contribution < 1.29 is 0 Å². The highest BCUT2D eigenvalue weighted by atomic mass is 31.1. The summed E-state index contributed by atoms with van der Waals surface area (Å²) in [5, 5.41) is 0. The zero-order valence-electron chi connectivity index (χ0n) is 27.8. The molecule has 0 aliphatic heterocycles. The van der Waals surface area contributed by atoms with Crippen LogP contribution in [-0.2, 0) is 0 Å². The molecule has 2 rings (SSSR count). The predicted octanol–water partition coefficient (Wildman–Crippen LogP) is 14.4.